The van der Waals surface area contributed by atoms with Crippen molar-refractivity contribution >= 4 is 0 Å². The molecule has 1 unspecified atom stereocenters. The molecular weight excluding hydrogens is 192 g/mol. The molecule has 3 N–H and O–H groups in total. The van der Waals surface area contributed by atoms with Gasteiger partial charge in [-0.3, -0.25) is 0 Å². The van der Waals surface area contributed by atoms with E-state index in [9.17, 15) is 0 Å². The van der Waals surface area contributed by atoms with Crippen LogP contribution in [0.3, 0.4) is 0 Å². The molecule has 0 bridgehead atoms. The Labute approximate surface area is 93.5 Å². The van der Waals surface area contributed by atoms with Crippen molar-refractivity contribution in [3.8, 4) is 0 Å². The number of hydrogen-bond acceptors (Lipinski definition) is 4. The Morgan fingerprint density at radius 3 is 2.47 bits per heavy atom. The zero-order valence-electron chi connectivity index (χ0n) is 10.5. The maximum Gasteiger partial charge on any atom is 0.0928 e. The van der Waals surface area contributed by atoms with Gasteiger partial charge in [0.15, 0.2) is 0 Å². The van der Waals surface area contributed by atoms with Crippen LogP contribution in [0, 0.1) is 0 Å². The molecule has 0 radical (unpaired) electrons. The van der Waals surface area contributed by atoms with Crippen LogP contribution in [0.25, 0.3) is 0 Å². The largest absolute Gasteiger partial charge is 0.382 e. The zero-order valence-corrected chi connectivity index (χ0v) is 10.5. The average Bonchev–Trinajstić information content (AvgIpc) is 2.14. The molecule has 0 saturated carbocycles. The first-order valence-electron chi connectivity index (χ1n) is 5.51. The van der Waals surface area contributed by atoms with Crippen LogP contribution in [-0.2, 0) is 9.47 Å². The minimum Gasteiger partial charge on any atom is -0.382 e. The third-order valence-corrected chi connectivity index (χ3v) is 2.23. The predicted molar refractivity (Wildman–Crippen MR) is 63.0 cm³/mol. The van der Waals surface area contributed by atoms with E-state index in [1.165, 1.54) is 0 Å². The summed E-state index contributed by atoms with van der Waals surface area (Å²) in [6, 6.07) is 0. The molecule has 0 aliphatic heterocycles. The first-order valence-corrected chi connectivity index (χ1v) is 5.51. The summed E-state index contributed by atoms with van der Waals surface area (Å²) < 4.78 is 10.2. The van der Waals surface area contributed by atoms with E-state index < -0.39 is 0 Å². The number of ether oxygens (including phenoxy) is 2. The highest BCUT2D eigenvalue weighted by Gasteiger charge is 2.10. The van der Waals surface area contributed by atoms with Crippen LogP contribution in [0.4, 0.5) is 0 Å². The molecule has 92 valence electrons. The molecule has 0 aliphatic carbocycles. The van der Waals surface area contributed by atoms with Crippen molar-refractivity contribution in [3.05, 3.63) is 0 Å². The van der Waals surface area contributed by atoms with Gasteiger partial charge in [-0.05, 0) is 33.2 Å². The minimum atomic E-state index is -0.0606. The Balaban J connectivity index is 3.36. The summed E-state index contributed by atoms with van der Waals surface area (Å²) >= 11 is 0. The number of rotatable bonds is 9. The first-order chi connectivity index (χ1) is 6.99. The molecular formula is C11H26N2O2. The lowest BCUT2D eigenvalue weighted by molar-refractivity contribution is 0.0290. The summed E-state index contributed by atoms with van der Waals surface area (Å²) in [6.07, 6.45) is 2.26. The highest BCUT2D eigenvalue weighted by molar-refractivity contribution is 4.71. The van der Waals surface area contributed by atoms with Crippen LogP contribution >= 0.6 is 0 Å². The first kappa shape index (κ1) is 14.8. The zero-order chi connectivity index (χ0) is 11.7. The van der Waals surface area contributed by atoms with Crippen LogP contribution in [0.1, 0.15) is 26.7 Å². The Morgan fingerprint density at radius 1 is 1.33 bits per heavy atom. The SMILES string of the molecule is COCC(CNCCCC(C)(C)N)OC. The number of methoxy groups -OCH3 is 2. The molecule has 0 aliphatic rings. The van der Waals surface area contributed by atoms with Gasteiger partial charge in [-0.25, -0.2) is 0 Å². The minimum absolute atomic E-state index is 0.0606. The molecule has 4 nitrogen and oxygen atoms in total. The molecule has 0 spiro atoms. The molecule has 15 heavy (non-hydrogen) atoms. The van der Waals surface area contributed by atoms with Gasteiger partial charge >= 0.3 is 0 Å². The van der Waals surface area contributed by atoms with Gasteiger partial charge in [0.25, 0.3) is 0 Å². The third-order valence-electron chi connectivity index (χ3n) is 2.23. The van der Waals surface area contributed by atoms with Gasteiger partial charge in [-0.15, -0.1) is 0 Å². The molecule has 0 aromatic heterocycles. The molecule has 0 aromatic rings. The van der Waals surface area contributed by atoms with E-state index in [-0.39, 0.29) is 11.6 Å². The normalized spacial score (nSPS) is 14.2. The van der Waals surface area contributed by atoms with Crippen LogP contribution in [0.15, 0.2) is 0 Å². The smallest absolute Gasteiger partial charge is 0.0928 e. The van der Waals surface area contributed by atoms with Crippen molar-refractivity contribution in [2.24, 2.45) is 5.73 Å². The van der Waals surface area contributed by atoms with E-state index in [0.29, 0.717) is 6.61 Å². The van der Waals surface area contributed by atoms with Crippen LogP contribution in [-0.4, -0.2) is 45.6 Å². The van der Waals surface area contributed by atoms with Gasteiger partial charge in [0.05, 0.1) is 12.7 Å². The second-order valence-electron chi connectivity index (χ2n) is 4.61. The summed E-state index contributed by atoms with van der Waals surface area (Å²) in [7, 11) is 3.39. The predicted octanol–water partition coefficient (Wildman–Crippen LogP) is 0.755. The fraction of sp³-hybridized carbons (Fsp3) is 1.00. The summed E-state index contributed by atoms with van der Waals surface area (Å²) in [6.45, 7) is 6.54. The molecule has 0 amide bonds. The fourth-order valence-corrected chi connectivity index (χ4v) is 1.33. The second kappa shape index (κ2) is 8.05. The van der Waals surface area contributed by atoms with Crippen LogP contribution in [0.5, 0.6) is 0 Å². The molecule has 0 saturated heterocycles. The summed E-state index contributed by atoms with van der Waals surface area (Å²) in [5.41, 5.74) is 5.82. The fourth-order valence-electron chi connectivity index (χ4n) is 1.33. The van der Waals surface area contributed by atoms with E-state index in [2.05, 4.69) is 19.2 Å². The van der Waals surface area contributed by atoms with Gasteiger partial charge in [0.1, 0.15) is 0 Å². The Bertz CT molecular complexity index is 146. The van der Waals surface area contributed by atoms with E-state index in [1.807, 2.05) is 0 Å². The molecule has 1 atom stereocenters. The number of nitrogens with two attached hydrogens (primary N) is 1. The monoisotopic (exact) mass is 218 g/mol. The van der Waals surface area contributed by atoms with E-state index in [1.54, 1.807) is 14.2 Å². The van der Waals surface area contributed by atoms with Gasteiger partial charge < -0.3 is 20.5 Å². The van der Waals surface area contributed by atoms with Gasteiger partial charge in [-0.1, -0.05) is 0 Å². The standard InChI is InChI=1S/C11H26N2O2/c1-11(2,12)6-5-7-13-8-10(15-4)9-14-3/h10,13H,5-9,12H2,1-4H3. The highest BCUT2D eigenvalue weighted by Crippen LogP contribution is 2.05. The highest BCUT2D eigenvalue weighted by atomic mass is 16.5. The van der Waals surface area contributed by atoms with Crippen molar-refractivity contribution in [2.45, 2.75) is 38.3 Å². The molecule has 0 rings (SSSR count). The lowest BCUT2D eigenvalue weighted by Crippen LogP contribution is -2.35. The number of hydrogen-bond donors (Lipinski definition) is 2. The maximum atomic E-state index is 5.88. The lowest BCUT2D eigenvalue weighted by atomic mass is 10.0. The van der Waals surface area contributed by atoms with Gasteiger partial charge in [0.2, 0.25) is 0 Å². The molecule has 0 aromatic carbocycles. The topological polar surface area (TPSA) is 56.5 Å². The Kier molecular flexibility index (Phi) is 7.96. The molecule has 4 heteroatoms. The summed E-state index contributed by atoms with van der Waals surface area (Å²) in [5, 5.41) is 3.33. The van der Waals surface area contributed by atoms with Crippen LogP contribution in [0.2, 0.25) is 0 Å². The Morgan fingerprint density at radius 2 is 2.00 bits per heavy atom. The molecule has 0 heterocycles. The third kappa shape index (κ3) is 10.1. The van der Waals surface area contributed by atoms with Crippen molar-refractivity contribution in [3.63, 3.8) is 0 Å². The van der Waals surface area contributed by atoms with Crippen molar-refractivity contribution < 1.29 is 9.47 Å². The van der Waals surface area contributed by atoms with Gasteiger partial charge in [-0.2, -0.15) is 0 Å². The number of nitrogens with one attached hydrogen (secondary N) is 1. The lowest BCUT2D eigenvalue weighted by Gasteiger charge is -2.19. The van der Waals surface area contributed by atoms with Crippen molar-refractivity contribution in [1.29, 1.82) is 0 Å². The summed E-state index contributed by atoms with van der Waals surface area (Å²) in [4.78, 5) is 0. The van der Waals surface area contributed by atoms with Crippen LogP contribution < -0.4 is 11.1 Å². The quantitative estimate of drug-likeness (QED) is 0.561. The van der Waals surface area contributed by atoms with Crippen molar-refractivity contribution in [1.82, 2.24) is 5.32 Å². The van der Waals surface area contributed by atoms with Gasteiger partial charge in [0, 0.05) is 26.3 Å². The molecule has 0 fully saturated rings. The Hall–Kier alpha value is -0.160. The maximum absolute atomic E-state index is 5.88. The van der Waals surface area contributed by atoms with E-state index in [4.69, 9.17) is 15.2 Å². The van der Waals surface area contributed by atoms with E-state index >= 15 is 0 Å². The summed E-state index contributed by atoms with van der Waals surface area (Å²) in [5.74, 6) is 0. The average molecular weight is 218 g/mol. The second-order valence-corrected chi connectivity index (χ2v) is 4.61. The van der Waals surface area contributed by atoms with E-state index in [0.717, 1.165) is 25.9 Å². The van der Waals surface area contributed by atoms with Crippen molar-refractivity contribution in [2.75, 3.05) is 33.9 Å².